The molecule has 0 saturated heterocycles. The van der Waals surface area contributed by atoms with E-state index < -0.39 is 17.9 Å². The minimum Gasteiger partial charge on any atom is -0.480 e. The van der Waals surface area contributed by atoms with Crippen molar-refractivity contribution in [3.63, 3.8) is 0 Å². The van der Waals surface area contributed by atoms with Gasteiger partial charge in [-0.25, -0.2) is 9.59 Å². The number of carboxylic acid groups (broad SMARTS) is 3. The molecule has 0 bridgehead atoms. The average molecular weight is 225 g/mol. The molecule has 14 heavy (non-hydrogen) atoms. The average Bonchev–Trinajstić information content (AvgIpc) is 1.87. The number of carbonyl (C=O) groups is 3. The quantitative estimate of drug-likeness (QED) is 0.307. The molecule has 0 rings (SSSR count). The van der Waals surface area contributed by atoms with Crippen LogP contribution in [0.4, 0.5) is 0 Å². The molecule has 0 fully saturated rings. The molecule has 0 aliphatic rings. The Morgan fingerprint density at radius 1 is 1.00 bits per heavy atom. The molecule has 0 aliphatic heterocycles. The van der Waals surface area contributed by atoms with E-state index in [0.29, 0.717) is 0 Å². The van der Waals surface area contributed by atoms with Gasteiger partial charge in [0.25, 0.3) is 0 Å². The molecule has 0 spiro atoms. The van der Waals surface area contributed by atoms with Crippen LogP contribution in [-0.2, 0) is 14.4 Å². The van der Waals surface area contributed by atoms with Gasteiger partial charge in [0.1, 0.15) is 0 Å². The first-order valence-electron chi connectivity index (χ1n) is 2.74. The minimum atomic E-state index is -1.82. The topological polar surface area (TPSA) is 124 Å². The molecular formula is C5H9NNa2O6. The molecule has 4 N–H and O–H groups in total. The molecule has 0 heterocycles. The van der Waals surface area contributed by atoms with Crippen LogP contribution in [0.5, 0.6) is 0 Å². The van der Waals surface area contributed by atoms with Crippen LogP contribution in [0, 0.1) is 0 Å². The molecule has 7 nitrogen and oxygen atoms in total. The third-order valence-corrected chi connectivity index (χ3v) is 0.511. The summed E-state index contributed by atoms with van der Waals surface area (Å²) in [7, 11) is 1.59. The van der Waals surface area contributed by atoms with Crippen molar-refractivity contribution in [1.29, 1.82) is 0 Å². The van der Waals surface area contributed by atoms with Gasteiger partial charge in [-0.05, 0) is 7.05 Å². The molecule has 0 aliphatic carbocycles. The van der Waals surface area contributed by atoms with Gasteiger partial charge in [0.05, 0.1) is 6.54 Å². The van der Waals surface area contributed by atoms with Crippen LogP contribution in [0.1, 0.15) is 0 Å². The first kappa shape index (κ1) is 23.9. The van der Waals surface area contributed by atoms with Crippen molar-refractivity contribution in [3.8, 4) is 0 Å². The molecule has 0 aromatic rings. The van der Waals surface area contributed by atoms with Crippen LogP contribution in [0.2, 0.25) is 0 Å². The van der Waals surface area contributed by atoms with Crippen molar-refractivity contribution >= 4 is 77.0 Å². The third-order valence-electron chi connectivity index (χ3n) is 0.511. The van der Waals surface area contributed by atoms with Crippen molar-refractivity contribution in [2.24, 2.45) is 0 Å². The van der Waals surface area contributed by atoms with Crippen molar-refractivity contribution in [1.82, 2.24) is 5.32 Å². The van der Waals surface area contributed by atoms with Crippen molar-refractivity contribution in [2.75, 3.05) is 13.6 Å². The number of hydrogen-bond acceptors (Lipinski definition) is 4. The summed E-state index contributed by atoms with van der Waals surface area (Å²) >= 11 is 0. The van der Waals surface area contributed by atoms with Gasteiger partial charge in [-0.3, -0.25) is 4.79 Å². The molecule has 72 valence electrons. The maximum Gasteiger partial charge on any atom is 0.414 e. The van der Waals surface area contributed by atoms with Gasteiger partial charge in [-0.1, -0.05) is 0 Å². The minimum absolute atomic E-state index is 0. The summed E-state index contributed by atoms with van der Waals surface area (Å²) in [5, 5.41) is 25.1. The monoisotopic (exact) mass is 225 g/mol. The van der Waals surface area contributed by atoms with Gasteiger partial charge in [0, 0.05) is 59.1 Å². The second kappa shape index (κ2) is 15.8. The molecule has 0 atom stereocenters. The predicted octanol–water partition coefficient (Wildman–Crippen LogP) is -2.32. The van der Waals surface area contributed by atoms with E-state index in [2.05, 4.69) is 5.32 Å². The zero-order valence-corrected chi connectivity index (χ0v) is 12.3. The van der Waals surface area contributed by atoms with E-state index in [4.69, 9.17) is 24.9 Å². The second-order valence-corrected chi connectivity index (χ2v) is 1.53. The van der Waals surface area contributed by atoms with Crippen LogP contribution in [-0.4, -0.2) is 106 Å². The predicted molar refractivity (Wildman–Crippen MR) is 48.3 cm³/mol. The fraction of sp³-hybridized carbons (Fsp3) is 0.400. The summed E-state index contributed by atoms with van der Waals surface area (Å²) in [4.78, 5) is 27.7. The van der Waals surface area contributed by atoms with Gasteiger partial charge in [0.2, 0.25) is 0 Å². The Bertz CT molecular complexity index is 173. The number of carboxylic acids is 3. The Kier molecular flexibility index (Phi) is 27.0. The fourth-order valence-corrected chi connectivity index (χ4v) is 0.151. The normalized spacial score (nSPS) is 6.64. The van der Waals surface area contributed by atoms with Crippen molar-refractivity contribution in [3.05, 3.63) is 0 Å². The van der Waals surface area contributed by atoms with E-state index >= 15 is 0 Å². The molecule has 2 radical (unpaired) electrons. The first-order valence-corrected chi connectivity index (χ1v) is 2.74. The Labute approximate surface area is 124 Å². The number of hydrogen-bond donors (Lipinski definition) is 4. The smallest absolute Gasteiger partial charge is 0.414 e. The largest absolute Gasteiger partial charge is 0.480 e. The summed E-state index contributed by atoms with van der Waals surface area (Å²) in [6.07, 6.45) is 0. The van der Waals surface area contributed by atoms with Gasteiger partial charge in [-0.15, -0.1) is 0 Å². The number of rotatable bonds is 2. The fourth-order valence-electron chi connectivity index (χ4n) is 0.151. The van der Waals surface area contributed by atoms with E-state index in [1.54, 1.807) is 7.05 Å². The number of aliphatic carboxylic acids is 3. The van der Waals surface area contributed by atoms with Crippen LogP contribution >= 0.6 is 0 Å². The number of nitrogens with one attached hydrogen (secondary N) is 1. The zero-order valence-electron chi connectivity index (χ0n) is 8.27. The van der Waals surface area contributed by atoms with Crippen molar-refractivity contribution < 1.29 is 29.7 Å². The standard InChI is InChI=1S/C3H7NO2.C2H2O4.2Na/c1-4-2-3(5)6;3-1(4)2(5)6;;/h4H,2H2,1H3,(H,5,6);(H,3,4)(H,5,6);;. The molecule has 0 aromatic carbocycles. The maximum atomic E-state index is 9.54. The number of likely N-dealkylation sites (N-methyl/N-ethyl adjacent to an activating group) is 1. The first-order chi connectivity index (χ1) is 5.41. The molecule has 0 saturated carbocycles. The zero-order chi connectivity index (χ0) is 10.1. The maximum absolute atomic E-state index is 9.54. The van der Waals surface area contributed by atoms with E-state index in [-0.39, 0.29) is 65.7 Å². The van der Waals surface area contributed by atoms with Gasteiger partial charge >= 0.3 is 17.9 Å². The summed E-state index contributed by atoms with van der Waals surface area (Å²) < 4.78 is 0. The molecule has 9 heteroatoms. The Morgan fingerprint density at radius 3 is 1.29 bits per heavy atom. The Balaban J connectivity index is -0.0000000625. The summed E-state index contributed by atoms with van der Waals surface area (Å²) in [5.41, 5.74) is 0. The Morgan fingerprint density at radius 2 is 1.29 bits per heavy atom. The van der Waals surface area contributed by atoms with Crippen molar-refractivity contribution in [2.45, 2.75) is 0 Å². The molecule has 0 amide bonds. The third kappa shape index (κ3) is 29.4. The summed E-state index contributed by atoms with van der Waals surface area (Å²) in [6.45, 7) is 0.0417. The molecule has 0 unspecified atom stereocenters. The van der Waals surface area contributed by atoms with E-state index in [1.807, 2.05) is 0 Å². The van der Waals surface area contributed by atoms with Crippen LogP contribution in [0.25, 0.3) is 0 Å². The van der Waals surface area contributed by atoms with E-state index in [0.717, 1.165) is 0 Å². The van der Waals surface area contributed by atoms with Gasteiger partial charge < -0.3 is 20.6 Å². The van der Waals surface area contributed by atoms with E-state index in [1.165, 1.54) is 0 Å². The molecule has 0 aromatic heterocycles. The molecular weight excluding hydrogens is 216 g/mol. The second-order valence-electron chi connectivity index (χ2n) is 1.53. The SMILES string of the molecule is CNCC(=O)O.O=C(O)C(=O)O.[Na].[Na]. The summed E-state index contributed by atoms with van der Waals surface area (Å²) in [6, 6.07) is 0. The Hall–Kier alpha value is 0.370. The van der Waals surface area contributed by atoms with Gasteiger partial charge in [0.15, 0.2) is 0 Å². The van der Waals surface area contributed by atoms with Gasteiger partial charge in [-0.2, -0.15) is 0 Å². The van der Waals surface area contributed by atoms with Crippen LogP contribution in [0.3, 0.4) is 0 Å². The van der Waals surface area contributed by atoms with Crippen LogP contribution < -0.4 is 5.32 Å². The van der Waals surface area contributed by atoms with Crippen LogP contribution in [0.15, 0.2) is 0 Å². The van der Waals surface area contributed by atoms with E-state index in [9.17, 15) is 4.79 Å². The summed E-state index contributed by atoms with van der Waals surface area (Å²) in [5.74, 6) is -4.47.